The zero-order chi connectivity index (χ0) is 14.2. The number of hydrogen-bond acceptors (Lipinski definition) is 1. The molecule has 0 heterocycles. The standard InChI is InChI=1S/C18H37N/c1-4-6-8-9-10-11-12-13-15-17-18(19-3)16-14-7-5-2/h5,18-19H,2,4,6-17H2,1,3H3. The molecule has 0 saturated heterocycles. The van der Waals surface area contributed by atoms with Crippen LogP contribution in [-0.2, 0) is 0 Å². The van der Waals surface area contributed by atoms with Crippen LogP contribution in [-0.4, -0.2) is 13.1 Å². The van der Waals surface area contributed by atoms with Gasteiger partial charge in [0.05, 0.1) is 0 Å². The van der Waals surface area contributed by atoms with Crippen molar-refractivity contribution in [2.75, 3.05) is 7.05 Å². The monoisotopic (exact) mass is 267 g/mol. The van der Waals surface area contributed by atoms with Gasteiger partial charge in [-0.15, -0.1) is 6.58 Å². The molecule has 0 rings (SSSR count). The summed E-state index contributed by atoms with van der Waals surface area (Å²) in [6.45, 7) is 6.07. The first-order chi connectivity index (χ1) is 9.35. The SMILES string of the molecule is C=CCCCC(CCCCCCCCCCC)NC. The van der Waals surface area contributed by atoms with Crippen LogP contribution in [0.15, 0.2) is 12.7 Å². The van der Waals surface area contributed by atoms with Crippen LogP contribution >= 0.6 is 0 Å². The molecule has 0 saturated carbocycles. The molecule has 0 aromatic rings. The molecule has 0 aliphatic rings. The fourth-order valence-electron chi connectivity index (χ4n) is 2.64. The maximum Gasteiger partial charge on any atom is 0.00641 e. The maximum absolute atomic E-state index is 3.79. The third kappa shape index (κ3) is 13.9. The van der Waals surface area contributed by atoms with E-state index in [4.69, 9.17) is 0 Å². The van der Waals surface area contributed by atoms with Crippen LogP contribution in [0.25, 0.3) is 0 Å². The molecule has 0 aromatic carbocycles. The minimum Gasteiger partial charge on any atom is -0.317 e. The largest absolute Gasteiger partial charge is 0.317 e. The van der Waals surface area contributed by atoms with Crippen LogP contribution in [0.5, 0.6) is 0 Å². The summed E-state index contributed by atoms with van der Waals surface area (Å²) in [5.41, 5.74) is 0. The van der Waals surface area contributed by atoms with Gasteiger partial charge >= 0.3 is 0 Å². The molecule has 0 aliphatic heterocycles. The normalized spacial score (nSPS) is 12.5. The van der Waals surface area contributed by atoms with Crippen LogP contribution < -0.4 is 5.32 Å². The van der Waals surface area contributed by atoms with E-state index in [-0.39, 0.29) is 0 Å². The van der Waals surface area contributed by atoms with Gasteiger partial charge in [-0.1, -0.05) is 70.8 Å². The molecular formula is C18H37N. The van der Waals surface area contributed by atoms with Gasteiger partial charge in [-0.2, -0.15) is 0 Å². The molecule has 0 bridgehead atoms. The van der Waals surface area contributed by atoms with E-state index >= 15 is 0 Å². The van der Waals surface area contributed by atoms with Crippen molar-refractivity contribution in [1.29, 1.82) is 0 Å². The summed E-state index contributed by atoms with van der Waals surface area (Å²) in [5.74, 6) is 0. The first-order valence-corrected chi connectivity index (χ1v) is 8.63. The van der Waals surface area contributed by atoms with Crippen molar-refractivity contribution in [2.24, 2.45) is 0 Å². The third-order valence-electron chi connectivity index (χ3n) is 4.03. The Kier molecular flexibility index (Phi) is 15.5. The Morgan fingerprint density at radius 2 is 1.37 bits per heavy atom. The predicted octanol–water partition coefficient (Wildman–Crippen LogP) is 5.85. The van der Waals surface area contributed by atoms with Gasteiger partial charge in [0, 0.05) is 6.04 Å². The fraction of sp³-hybridized carbons (Fsp3) is 0.889. The molecule has 1 unspecified atom stereocenters. The van der Waals surface area contributed by atoms with Gasteiger partial charge in [0.2, 0.25) is 0 Å². The lowest BCUT2D eigenvalue weighted by Crippen LogP contribution is -2.24. The van der Waals surface area contributed by atoms with Gasteiger partial charge in [-0.25, -0.2) is 0 Å². The second-order valence-corrected chi connectivity index (χ2v) is 5.82. The number of rotatable bonds is 15. The van der Waals surface area contributed by atoms with Crippen molar-refractivity contribution in [3.05, 3.63) is 12.7 Å². The quantitative estimate of drug-likeness (QED) is 0.290. The maximum atomic E-state index is 3.79. The van der Waals surface area contributed by atoms with Crippen LogP contribution in [0.4, 0.5) is 0 Å². The van der Waals surface area contributed by atoms with Gasteiger partial charge in [-0.05, 0) is 32.7 Å². The molecule has 114 valence electrons. The summed E-state index contributed by atoms with van der Waals surface area (Å²) in [4.78, 5) is 0. The van der Waals surface area contributed by atoms with Gasteiger partial charge in [0.1, 0.15) is 0 Å². The third-order valence-corrected chi connectivity index (χ3v) is 4.03. The number of allylic oxidation sites excluding steroid dienone is 1. The van der Waals surface area contributed by atoms with Gasteiger partial charge in [0.15, 0.2) is 0 Å². The average molecular weight is 268 g/mol. The van der Waals surface area contributed by atoms with E-state index < -0.39 is 0 Å². The highest BCUT2D eigenvalue weighted by molar-refractivity contribution is 4.70. The molecular weight excluding hydrogens is 230 g/mol. The highest BCUT2D eigenvalue weighted by atomic mass is 14.9. The van der Waals surface area contributed by atoms with E-state index in [1.54, 1.807) is 0 Å². The molecule has 0 amide bonds. The van der Waals surface area contributed by atoms with Crippen molar-refractivity contribution < 1.29 is 0 Å². The van der Waals surface area contributed by atoms with Crippen LogP contribution in [0.3, 0.4) is 0 Å². The summed E-state index contributed by atoms with van der Waals surface area (Å²) >= 11 is 0. The van der Waals surface area contributed by atoms with Crippen LogP contribution in [0, 0.1) is 0 Å². The Balaban J connectivity index is 3.24. The first kappa shape index (κ1) is 18.7. The molecule has 19 heavy (non-hydrogen) atoms. The Labute approximate surface area is 122 Å². The van der Waals surface area contributed by atoms with E-state index in [1.165, 1.54) is 77.0 Å². The minimum absolute atomic E-state index is 0.726. The first-order valence-electron chi connectivity index (χ1n) is 8.63. The fourth-order valence-corrected chi connectivity index (χ4v) is 2.64. The van der Waals surface area contributed by atoms with Gasteiger partial charge in [0.25, 0.3) is 0 Å². The van der Waals surface area contributed by atoms with E-state index in [0.29, 0.717) is 0 Å². The van der Waals surface area contributed by atoms with Crippen molar-refractivity contribution in [3.8, 4) is 0 Å². The molecule has 0 aliphatic carbocycles. The van der Waals surface area contributed by atoms with Gasteiger partial charge in [-0.3, -0.25) is 0 Å². The van der Waals surface area contributed by atoms with E-state index in [2.05, 4.69) is 25.9 Å². The second-order valence-electron chi connectivity index (χ2n) is 5.82. The van der Waals surface area contributed by atoms with Crippen molar-refractivity contribution in [3.63, 3.8) is 0 Å². The molecule has 0 fully saturated rings. The number of hydrogen-bond donors (Lipinski definition) is 1. The number of unbranched alkanes of at least 4 members (excludes halogenated alkanes) is 9. The van der Waals surface area contributed by atoms with E-state index in [1.807, 2.05) is 6.08 Å². The number of nitrogens with one attached hydrogen (secondary N) is 1. The minimum atomic E-state index is 0.726. The topological polar surface area (TPSA) is 12.0 Å². The van der Waals surface area contributed by atoms with Crippen LogP contribution in [0.1, 0.15) is 90.4 Å². The van der Waals surface area contributed by atoms with Crippen molar-refractivity contribution >= 4 is 0 Å². The summed E-state index contributed by atoms with van der Waals surface area (Å²) in [5, 5.41) is 3.45. The van der Waals surface area contributed by atoms with E-state index in [0.717, 1.165) is 12.5 Å². The van der Waals surface area contributed by atoms with Crippen LogP contribution in [0.2, 0.25) is 0 Å². The lowest BCUT2D eigenvalue weighted by atomic mass is 10.0. The summed E-state index contributed by atoms with van der Waals surface area (Å²) in [7, 11) is 2.10. The summed E-state index contributed by atoms with van der Waals surface area (Å²) in [6, 6.07) is 0.726. The molecule has 1 N–H and O–H groups in total. The zero-order valence-electron chi connectivity index (χ0n) is 13.6. The second kappa shape index (κ2) is 15.8. The smallest absolute Gasteiger partial charge is 0.00641 e. The molecule has 1 atom stereocenters. The lowest BCUT2D eigenvalue weighted by molar-refractivity contribution is 0.447. The molecule has 0 aromatic heterocycles. The Bertz CT molecular complexity index is 177. The summed E-state index contributed by atoms with van der Waals surface area (Å²) < 4.78 is 0. The summed E-state index contributed by atoms with van der Waals surface area (Å²) in [6.07, 6.45) is 20.0. The highest BCUT2D eigenvalue weighted by Gasteiger charge is 2.04. The average Bonchev–Trinajstić information content (AvgIpc) is 2.43. The Morgan fingerprint density at radius 3 is 1.89 bits per heavy atom. The van der Waals surface area contributed by atoms with Crippen molar-refractivity contribution in [2.45, 2.75) is 96.4 Å². The highest BCUT2D eigenvalue weighted by Crippen LogP contribution is 2.13. The molecule has 1 nitrogen and oxygen atoms in total. The molecule has 0 spiro atoms. The van der Waals surface area contributed by atoms with E-state index in [9.17, 15) is 0 Å². The Hall–Kier alpha value is -0.300. The molecule has 1 heteroatoms. The zero-order valence-corrected chi connectivity index (χ0v) is 13.6. The molecule has 0 radical (unpaired) electrons. The lowest BCUT2D eigenvalue weighted by Gasteiger charge is -2.15. The Morgan fingerprint density at radius 1 is 0.842 bits per heavy atom. The van der Waals surface area contributed by atoms with Crippen molar-refractivity contribution in [1.82, 2.24) is 5.32 Å². The van der Waals surface area contributed by atoms with Gasteiger partial charge < -0.3 is 5.32 Å². The predicted molar refractivity (Wildman–Crippen MR) is 88.7 cm³/mol.